The molecule has 1 aliphatic heterocycles. The van der Waals surface area contributed by atoms with Crippen LogP contribution < -0.4 is 10.6 Å². The number of morpholine rings is 1. The largest absolute Gasteiger partial charge is 0.377 e. The van der Waals surface area contributed by atoms with Crippen LogP contribution in [0.1, 0.15) is 19.4 Å². The highest BCUT2D eigenvalue weighted by molar-refractivity contribution is 7.98. The van der Waals surface area contributed by atoms with Crippen LogP contribution in [0.25, 0.3) is 0 Å². The second kappa shape index (κ2) is 5.51. The maximum atomic E-state index is 5.95. The number of nitrogens with two attached hydrogens (primary N) is 1. The molecule has 0 radical (unpaired) electrons. The highest BCUT2D eigenvalue weighted by atomic mass is 32.2. The van der Waals surface area contributed by atoms with E-state index in [9.17, 15) is 0 Å². The first kappa shape index (κ1) is 13.7. The van der Waals surface area contributed by atoms with E-state index in [1.807, 2.05) is 0 Å². The van der Waals surface area contributed by atoms with Crippen molar-refractivity contribution in [3.8, 4) is 0 Å². The van der Waals surface area contributed by atoms with Crippen molar-refractivity contribution in [1.29, 1.82) is 0 Å². The summed E-state index contributed by atoms with van der Waals surface area (Å²) in [6.07, 6.45) is 2.10. The van der Waals surface area contributed by atoms with E-state index in [0.29, 0.717) is 6.54 Å². The van der Waals surface area contributed by atoms with Crippen LogP contribution in [-0.2, 0) is 11.3 Å². The zero-order valence-electron chi connectivity index (χ0n) is 11.4. The Hall–Kier alpha value is -0.710. The molecule has 0 bridgehead atoms. The molecular weight excluding hydrogens is 244 g/mol. The van der Waals surface area contributed by atoms with Crippen LogP contribution in [0.5, 0.6) is 0 Å². The van der Waals surface area contributed by atoms with Gasteiger partial charge in [-0.15, -0.1) is 11.8 Å². The molecule has 18 heavy (non-hydrogen) atoms. The lowest BCUT2D eigenvalue weighted by Crippen LogP contribution is -2.53. The molecule has 0 unspecified atom stereocenters. The first-order chi connectivity index (χ1) is 8.60. The summed E-state index contributed by atoms with van der Waals surface area (Å²) < 4.78 is 5.59. The van der Waals surface area contributed by atoms with Crippen LogP contribution in [0, 0.1) is 0 Å². The Morgan fingerprint density at radius 3 is 2.83 bits per heavy atom. The summed E-state index contributed by atoms with van der Waals surface area (Å²) >= 11 is 1.76. The summed E-state index contributed by atoms with van der Waals surface area (Å²) in [5.41, 5.74) is 8.49. The molecule has 0 aromatic heterocycles. The lowest BCUT2D eigenvalue weighted by atomic mass is 9.99. The molecule has 0 aliphatic carbocycles. The van der Waals surface area contributed by atoms with Gasteiger partial charge in [0.2, 0.25) is 0 Å². The third kappa shape index (κ3) is 2.51. The van der Waals surface area contributed by atoms with Crippen LogP contribution in [0.3, 0.4) is 0 Å². The molecule has 1 aliphatic rings. The molecule has 0 atom stereocenters. The summed E-state index contributed by atoms with van der Waals surface area (Å²) in [7, 11) is 0. The number of benzene rings is 1. The SMILES string of the molecule is CSc1cccc(N2CCOCC2(C)C)c1CN. The van der Waals surface area contributed by atoms with E-state index in [4.69, 9.17) is 10.5 Å². The molecule has 0 saturated carbocycles. The molecule has 2 N–H and O–H groups in total. The predicted octanol–water partition coefficient (Wildman–Crippen LogP) is 2.48. The minimum atomic E-state index is 0.0270. The molecule has 1 aromatic carbocycles. The number of ether oxygens (including phenoxy) is 1. The van der Waals surface area contributed by atoms with Gasteiger partial charge in [-0.2, -0.15) is 0 Å². The van der Waals surface area contributed by atoms with E-state index < -0.39 is 0 Å². The number of thioether (sulfide) groups is 1. The first-order valence-corrected chi connectivity index (χ1v) is 7.54. The monoisotopic (exact) mass is 266 g/mol. The molecule has 4 heteroatoms. The smallest absolute Gasteiger partial charge is 0.0694 e. The fourth-order valence-electron chi connectivity index (χ4n) is 2.51. The van der Waals surface area contributed by atoms with E-state index in [-0.39, 0.29) is 5.54 Å². The van der Waals surface area contributed by atoms with Gasteiger partial charge in [-0.25, -0.2) is 0 Å². The van der Waals surface area contributed by atoms with Crippen molar-refractivity contribution in [1.82, 2.24) is 0 Å². The standard InChI is InChI=1S/C14H22N2OS/c1-14(2)10-17-8-7-16(14)12-5-4-6-13(18-3)11(12)9-15/h4-6H,7-10,15H2,1-3H3. The molecule has 1 aromatic rings. The molecule has 1 heterocycles. The van der Waals surface area contributed by atoms with Gasteiger partial charge < -0.3 is 15.4 Å². The van der Waals surface area contributed by atoms with Crippen LogP contribution in [0.2, 0.25) is 0 Å². The third-order valence-electron chi connectivity index (χ3n) is 3.47. The van der Waals surface area contributed by atoms with Gasteiger partial charge in [-0.1, -0.05) is 6.07 Å². The van der Waals surface area contributed by atoms with Crippen molar-refractivity contribution in [2.75, 3.05) is 30.9 Å². The Balaban J connectivity index is 2.43. The Morgan fingerprint density at radius 2 is 2.22 bits per heavy atom. The second-order valence-electron chi connectivity index (χ2n) is 5.18. The van der Waals surface area contributed by atoms with Gasteiger partial charge in [0.05, 0.1) is 18.8 Å². The number of nitrogens with zero attached hydrogens (tertiary/aromatic N) is 1. The maximum absolute atomic E-state index is 5.95. The quantitative estimate of drug-likeness (QED) is 0.853. The Kier molecular flexibility index (Phi) is 4.20. The van der Waals surface area contributed by atoms with E-state index in [0.717, 1.165) is 19.8 Å². The average molecular weight is 266 g/mol. The Morgan fingerprint density at radius 1 is 1.44 bits per heavy atom. The van der Waals surface area contributed by atoms with Gasteiger partial charge in [0.15, 0.2) is 0 Å². The zero-order valence-corrected chi connectivity index (χ0v) is 12.2. The number of hydrogen-bond acceptors (Lipinski definition) is 4. The molecule has 2 rings (SSSR count). The lowest BCUT2D eigenvalue weighted by molar-refractivity contribution is 0.0643. The van der Waals surface area contributed by atoms with E-state index in [1.165, 1.54) is 16.1 Å². The normalized spacial score (nSPS) is 19.0. The van der Waals surface area contributed by atoms with E-state index in [2.05, 4.69) is 43.2 Å². The van der Waals surface area contributed by atoms with Crippen molar-refractivity contribution in [3.05, 3.63) is 23.8 Å². The van der Waals surface area contributed by atoms with Crippen molar-refractivity contribution in [2.45, 2.75) is 30.8 Å². The van der Waals surface area contributed by atoms with Crippen molar-refractivity contribution in [2.24, 2.45) is 5.73 Å². The fourth-order valence-corrected chi connectivity index (χ4v) is 3.16. The second-order valence-corrected chi connectivity index (χ2v) is 6.03. The van der Waals surface area contributed by atoms with Crippen LogP contribution in [0.15, 0.2) is 23.1 Å². The molecule has 1 saturated heterocycles. The Labute approximate surface area is 114 Å². The minimum Gasteiger partial charge on any atom is -0.377 e. The van der Waals surface area contributed by atoms with Crippen molar-refractivity contribution < 1.29 is 4.74 Å². The van der Waals surface area contributed by atoms with E-state index in [1.54, 1.807) is 11.8 Å². The molecule has 0 amide bonds. The zero-order chi connectivity index (χ0) is 13.2. The third-order valence-corrected chi connectivity index (χ3v) is 4.29. The Bertz CT molecular complexity index is 420. The van der Waals surface area contributed by atoms with Gasteiger partial charge in [0, 0.05) is 29.2 Å². The summed E-state index contributed by atoms with van der Waals surface area (Å²) in [6, 6.07) is 6.44. The fraction of sp³-hybridized carbons (Fsp3) is 0.571. The molecular formula is C14H22N2OS. The topological polar surface area (TPSA) is 38.5 Å². The van der Waals surface area contributed by atoms with Gasteiger partial charge in [-0.05, 0) is 32.2 Å². The highest BCUT2D eigenvalue weighted by Gasteiger charge is 2.32. The van der Waals surface area contributed by atoms with Crippen LogP contribution in [0.4, 0.5) is 5.69 Å². The van der Waals surface area contributed by atoms with Gasteiger partial charge >= 0.3 is 0 Å². The van der Waals surface area contributed by atoms with E-state index >= 15 is 0 Å². The van der Waals surface area contributed by atoms with Crippen molar-refractivity contribution in [3.63, 3.8) is 0 Å². The summed E-state index contributed by atoms with van der Waals surface area (Å²) in [5, 5.41) is 0. The number of rotatable bonds is 3. The highest BCUT2D eigenvalue weighted by Crippen LogP contribution is 2.34. The lowest BCUT2D eigenvalue weighted by Gasteiger charge is -2.44. The number of anilines is 1. The maximum Gasteiger partial charge on any atom is 0.0694 e. The molecule has 3 nitrogen and oxygen atoms in total. The van der Waals surface area contributed by atoms with Crippen LogP contribution in [-0.4, -0.2) is 31.6 Å². The number of hydrogen-bond donors (Lipinski definition) is 1. The predicted molar refractivity (Wildman–Crippen MR) is 78.4 cm³/mol. The van der Waals surface area contributed by atoms with Crippen molar-refractivity contribution >= 4 is 17.4 Å². The molecule has 100 valence electrons. The van der Waals surface area contributed by atoms with Gasteiger partial charge in [0.1, 0.15) is 0 Å². The summed E-state index contributed by atoms with van der Waals surface area (Å²) in [4.78, 5) is 3.70. The summed E-state index contributed by atoms with van der Waals surface area (Å²) in [5.74, 6) is 0. The van der Waals surface area contributed by atoms with Gasteiger partial charge in [0.25, 0.3) is 0 Å². The average Bonchev–Trinajstić information content (AvgIpc) is 2.37. The molecule has 1 fully saturated rings. The molecule has 0 spiro atoms. The summed E-state index contributed by atoms with van der Waals surface area (Å²) in [6.45, 7) is 7.51. The van der Waals surface area contributed by atoms with Crippen LogP contribution >= 0.6 is 11.8 Å². The first-order valence-electron chi connectivity index (χ1n) is 6.31. The minimum absolute atomic E-state index is 0.0270. The van der Waals surface area contributed by atoms with Gasteiger partial charge in [-0.3, -0.25) is 0 Å².